The van der Waals surface area contributed by atoms with Crippen molar-refractivity contribution in [3.63, 3.8) is 0 Å². The van der Waals surface area contributed by atoms with E-state index in [9.17, 15) is 25.2 Å². The van der Waals surface area contributed by atoms with Gasteiger partial charge in [0.1, 0.15) is 6.54 Å². The van der Waals surface area contributed by atoms with Gasteiger partial charge in [-0.3, -0.25) is 0 Å². The molecule has 0 aliphatic carbocycles. The molecule has 1 aromatic carbocycles. The Morgan fingerprint density at radius 1 is 0.576 bits per heavy atom. The fourth-order valence-electron chi connectivity index (χ4n) is 3.89. The first kappa shape index (κ1) is 32.2. The Balaban J connectivity index is 0.00000126. The van der Waals surface area contributed by atoms with Crippen molar-refractivity contribution >= 4 is 7.81 Å². The Morgan fingerprint density at radius 2 is 0.909 bits per heavy atom. The molecule has 1 aromatic rings. The van der Waals surface area contributed by atoms with Crippen LogP contribution in [0.4, 0.5) is 25.2 Å². The van der Waals surface area contributed by atoms with E-state index in [-0.39, 0.29) is 0 Å². The summed E-state index contributed by atoms with van der Waals surface area (Å²) in [5.41, 5.74) is 1.46. The Morgan fingerprint density at radius 3 is 1.27 bits per heavy atom. The van der Waals surface area contributed by atoms with Gasteiger partial charge in [0.25, 0.3) is 0 Å². The summed E-state index contributed by atoms with van der Waals surface area (Å²) in [6.45, 7) is 4.75. The van der Waals surface area contributed by atoms with Crippen LogP contribution in [0.15, 0.2) is 30.3 Å². The van der Waals surface area contributed by atoms with Gasteiger partial charge in [0.2, 0.25) is 0 Å². The average Bonchev–Trinajstić information content (AvgIpc) is 2.66. The summed E-state index contributed by atoms with van der Waals surface area (Å²) in [5, 5.41) is 0. The van der Waals surface area contributed by atoms with Crippen LogP contribution in [0.25, 0.3) is 0 Å². The summed E-state index contributed by atoms with van der Waals surface area (Å²) in [6, 6.07) is 10.9. The Hall–Kier alpha value is -0.810. The molecule has 8 heteroatoms. The Bertz CT molecular complexity index is 590. The first-order valence-corrected chi connectivity index (χ1v) is 14.5. The molecule has 0 unspecified atom stereocenters. The molecule has 0 bridgehead atoms. The number of benzene rings is 1. The zero-order chi connectivity index (χ0) is 25.3. The minimum atomic E-state index is -10.7. The molecule has 0 amide bonds. The maximum atomic E-state index is 9.87. The molecule has 0 heterocycles. The van der Waals surface area contributed by atoms with Crippen molar-refractivity contribution < 1.29 is 29.7 Å². The Labute approximate surface area is 197 Å². The Kier molecular flexibility index (Phi) is 14.2. The fourth-order valence-corrected chi connectivity index (χ4v) is 3.89. The normalized spacial score (nSPS) is 14.2. The van der Waals surface area contributed by atoms with Crippen LogP contribution in [0.2, 0.25) is 0 Å². The standard InChI is InChI=1S/C25H46N.F6P/c1-4-5-6-7-8-9-10-11-12-13-14-15-16-20-23-26(2,3)24-25-21-18-17-19-22-25;1-7(2,3,4,5)6/h17-19,21-22H,4-16,20,23-24H2,1-3H3;/q+1;-1. The van der Waals surface area contributed by atoms with Gasteiger partial charge in [0.15, 0.2) is 0 Å². The molecule has 0 aliphatic heterocycles. The van der Waals surface area contributed by atoms with E-state index in [2.05, 4.69) is 51.4 Å². The molecule has 1 rings (SSSR count). The molecule has 0 spiro atoms. The third kappa shape index (κ3) is 31.2. The fraction of sp³-hybridized carbons (Fsp3) is 0.760. The average molecular weight is 506 g/mol. The number of nitrogens with zero attached hydrogens (tertiary/aromatic N) is 1. The van der Waals surface area contributed by atoms with E-state index >= 15 is 0 Å². The number of hydrogen-bond donors (Lipinski definition) is 0. The monoisotopic (exact) mass is 505 g/mol. The third-order valence-electron chi connectivity index (χ3n) is 5.57. The van der Waals surface area contributed by atoms with Crippen LogP contribution in [0.3, 0.4) is 0 Å². The molecular formula is C25H46F6NP. The van der Waals surface area contributed by atoms with Crippen molar-refractivity contribution in [3.05, 3.63) is 35.9 Å². The van der Waals surface area contributed by atoms with Gasteiger partial charge in [-0.2, -0.15) is 0 Å². The van der Waals surface area contributed by atoms with Gasteiger partial charge in [0.05, 0.1) is 20.6 Å². The van der Waals surface area contributed by atoms with Crippen LogP contribution < -0.4 is 0 Å². The number of hydrogen-bond acceptors (Lipinski definition) is 0. The first-order chi connectivity index (χ1) is 15.1. The van der Waals surface area contributed by atoms with Crippen LogP contribution >= 0.6 is 7.81 Å². The van der Waals surface area contributed by atoms with Crippen molar-refractivity contribution in [2.24, 2.45) is 0 Å². The molecule has 0 saturated carbocycles. The van der Waals surface area contributed by atoms with Gasteiger partial charge in [0, 0.05) is 5.56 Å². The van der Waals surface area contributed by atoms with Gasteiger partial charge in [-0.25, -0.2) is 0 Å². The number of halogens is 6. The molecule has 198 valence electrons. The van der Waals surface area contributed by atoms with E-state index in [1.54, 1.807) is 0 Å². The zero-order valence-electron chi connectivity index (χ0n) is 20.9. The number of quaternary nitrogens is 1. The van der Waals surface area contributed by atoms with E-state index in [1.807, 2.05) is 0 Å². The predicted octanol–water partition coefficient (Wildman–Crippen LogP) is 11.1. The van der Waals surface area contributed by atoms with Gasteiger partial charge in [-0.15, -0.1) is 0 Å². The zero-order valence-corrected chi connectivity index (χ0v) is 21.8. The summed E-state index contributed by atoms with van der Waals surface area (Å²) in [5.74, 6) is 0. The second-order valence-electron chi connectivity index (χ2n) is 9.86. The quantitative estimate of drug-likeness (QED) is 0.0855. The van der Waals surface area contributed by atoms with E-state index < -0.39 is 7.81 Å². The van der Waals surface area contributed by atoms with E-state index in [4.69, 9.17) is 0 Å². The molecule has 0 radical (unpaired) electrons. The molecule has 0 N–H and O–H groups in total. The summed E-state index contributed by atoms with van der Waals surface area (Å²) in [6.07, 6.45) is 20.2. The summed E-state index contributed by atoms with van der Waals surface area (Å²) in [4.78, 5) is 0. The number of unbranched alkanes of at least 4 members (excludes halogenated alkanes) is 13. The van der Waals surface area contributed by atoms with Crippen LogP contribution in [0, 0.1) is 0 Å². The molecule has 0 saturated heterocycles. The molecule has 0 aliphatic rings. The molecule has 0 aromatic heterocycles. The summed E-state index contributed by atoms with van der Waals surface area (Å²) >= 11 is 0. The second-order valence-corrected chi connectivity index (χ2v) is 11.8. The molecular weight excluding hydrogens is 459 g/mol. The topological polar surface area (TPSA) is 0 Å². The van der Waals surface area contributed by atoms with Crippen molar-refractivity contribution in [2.75, 3.05) is 20.6 Å². The van der Waals surface area contributed by atoms with E-state index in [0.29, 0.717) is 0 Å². The van der Waals surface area contributed by atoms with Gasteiger partial charge in [-0.1, -0.05) is 114 Å². The van der Waals surface area contributed by atoms with Crippen molar-refractivity contribution in [1.82, 2.24) is 0 Å². The van der Waals surface area contributed by atoms with Crippen molar-refractivity contribution in [1.29, 1.82) is 0 Å². The van der Waals surface area contributed by atoms with Gasteiger partial charge >= 0.3 is 33.0 Å². The minimum absolute atomic E-state index is 1.11. The van der Waals surface area contributed by atoms with Gasteiger partial charge in [-0.05, 0) is 12.8 Å². The van der Waals surface area contributed by atoms with Crippen LogP contribution in [-0.2, 0) is 6.54 Å². The third-order valence-corrected chi connectivity index (χ3v) is 5.57. The van der Waals surface area contributed by atoms with Gasteiger partial charge < -0.3 is 4.48 Å². The maximum absolute atomic E-state index is 10.7. The van der Waals surface area contributed by atoms with Crippen molar-refractivity contribution in [3.8, 4) is 0 Å². The molecule has 1 nitrogen and oxygen atoms in total. The van der Waals surface area contributed by atoms with Crippen LogP contribution in [0.1, 0.15) is 102 Å². The van der Waals surface area contributed by atoms with E-state index in [1.165, 1.54) is 102 Å². The molecule has 0 fully saturated rings. The summed E-state index contributed by atoms with van der Waals surface area (Å²) in [7, 11) is -5.92. The van der Waals surface area contributed by atoms with E-state index in [0.717, 1.165) is 11.0 Å². The number of rotatable bonds is 17. The van der Waals surface area contributed by atoms with Crippen molar-refractivity contribution in [2.45, 2.75) is 103 Å². The second kappa shape index (κ2) is 14.6. The first-order valence-electron chi connectivity index (χ1n) is 12.5. The summed E-state index contributed by atoms with van der Waals surface area (Å²) < 4.78 is 60.3. The predicted molar refractivity (Wildman–Crippen MR) is 131 cm³/mol. The molecule has 0 atom stereocenters. The van der Waals surface area contributed by atoms with Crippen LogP contribution in [0.5, 0.6) is 0 Å². The SMILES string of the molecule is CCCCCCCCCCCCCCCC[N+](C)(C)Cc1ccccc1.F[P-](F)(F)(F)(F)F. The molecule has 33 heavy (non-hydrogen) atoms. The van der Waals surface area contributed by atoms with Crippen LogP contribution in [-0.4, -0.2) is 25.1 Å².